The highest BCUT2D eigenvalue weighted by Crippen LogP contribution is 2.31. The molecule has 0 aliphatic heterocycles. The van der Waals surface area contributed by atoms with Crippen LogP contribution in [0.2, 0.25) is 0 Å². The number of hydrogen-bond donors (Lipinski definition) is 2. The molecule has 18 heavy (non-hydrogen) atoms. The molecule has 1 aliphatic carbocycles. The minimum atomic E-state index is -0.0198. The van der Waals surface area contributed by atoms with Crippen molar-refractivity contribution in [3.05, 3.63) is 35.4 Å². The normalized spacial score (nSPS) is 16.1. The van der Waals surface area contributed by atoms with E-state index in [0.717, 1.165) is 18.4 Å². The van der Waals surface area contributed by atoms with Gasteiger partial charge in [-0.25, -0.2) is 0 Å². The molecule has 3 heteroatoms. The lowest BCUT2D eigenvalue weighted by atomic mass is 9.78. The summed E-state index contributed by atoms with van der Waals surface area (Å²) in [7, 11) is 0. The Morgan fingerprint density at radius 3 is 2.89 bits per heavy atom. The van der Waals surface area contributed by atoms with E-state index >= 15 is 0 Å². The zero-order chi connectivity index (χ0) is 13.0. The van der Waals surface area contributed by atoms with Crippen molar-refractivity contribution in [2.45, 2.75) is 31.7 Å². The number of carbonyl (C=O) groups excluding carboxylic acids is 1. The highest BCUT2D eigenvalue weighted by molar-refractivity contribution is 5.95. The van der Waals surface area contributed by atoms with E-state index < -0.39 is 0 Å². The van der Waals surface area contributed by atoms with E-state index in [1.54, 1.807) is 6.07 Å². The molecule has 0 aromatic heterocycles. The van der Waals surface area contributed by atoms with Crippen molar-refractivity contribution in [1.82, 2.24) is 5.32 Å². The van der Waals surface area contributed by atoms with Gasteiger partial charge in [-0.3, -0.25) is 4.79 Å². The van der Waals surface area contributed by atoms with Crippen LogP contribution in [0.3, 0.4) is 0 Å². The average molecular weight is 242 g/mol. The van der Waals surface area contributed by atoms with Crippen LogP contribution in [0.4, 0.5) is 0 Å². The largest absolute Gasteiger partial charge is 0.347 e. The fraction of sp³-hybridized carbons (Fsp3) is 0.400. The Labute approximate surface area is 108 Å². The molecular weight excluding hydrogens is 224 g/mol. The minimum Gasteiger partial charge on any atom is -0.347 e. The number of hydrogen-bond acceptors (Lipinski definition) is 2. The Balaban J connectivity index is 2.10. The predicted octanol–water partition coefficient (Wildman–Crippen LogP) is 1.67. The zero-order valence-electron chi connectivity index (χ0n) is 10.6. The maximum Gasteiger partial charge on any atom is 0.251 e. The lowest BCUT2D eigenvalue weighted by molar-refractivity contribution is 0.0850. The van der Waals surface area contributed by atoms with E-state index in [-0.39, 0.29) is 11.4 Å². The van der Waals surface area contributed by atoms with Crippen molar-refractivity contribution in [2.75, 3.05) is 6.54 Å². The number of nitrogens with two attached hydrogens (primary N) is 1. The molecule has 1 saturated carbocycles. The van der Waals surface area contributed by atoms with E-state index in [1.165, 1.54) is 6.42 Å². The standard InChI is InChI=1S/C15H18N2O/c1-15(8-4-9-15)17-14(18)13-7-2-5-12(11-13)6-3-10-16/h2,5,7,11H,4,8-10,16H2,1H3,(H,17,18). The van der Waals surface area contributed by atoms with Crippen LogP contribution in [0.5, 0.6) is 0 Å². The van der Waals surface area contributed by atoms with Gasteiger partial charge in [0.05, 0.1) is 6.54 Å². The molecule has 0 saturated heterocycles. The van der Waals surface area contributed by atoms with Crippen molar-refractivity contribution >= 4 is 5.91 Å². The minimum absolute atomic E-state index is 0.0178. The van der Waals surface area contributed by atoms with Crippen molar-refractivity contribution in [2.24, 2.45) is 5.73 Å². The Bertz CT molecular complexity index is 507. The molecule has 3 N–H and O–H groups in total. The first-order chi connectivity index (χ1) is 8.63. The van der Waals surface area contributed by atoms with Crippen LogP contribution in [0.1, 0.15) is 42.1 Å². The van der Waals surface area contributed by atoms with Crippen molar-refractivity contribution in [1.29, 1.82) is 0 Å². The van der Waals surface area contributed by atoms with Gasteiger partial charge in [0.15, 0.2) is 0 Å². The molecule has 1 aromatic rings. The maximum atomic E-state index is 12.1. The molecule has 3 nitrogen and oxygen atoms in total. The second-order valence-electron chi connectivity index (χ2n) is 4.96. The monoisotopic (exact) mass is 242 g/mol. The zero-order valence-corrected chi connectivity index (χ0v) is 10.6. The average Bonchev–Trinajstić information content (AvgIpc) is 2.34. The van der Waals surface area contributed by atoms with Crippen LogP contribution < -0.4 is 11.1 Å². The first kappa shape index (κ1) is 12.7. The van der Waals surface area contributed by atoms with E-state index in [0.29, 0.717) is 12.1 Å². The quantitative estimate of drug-likeness (QED) is 0.775. The number of amides is 1. The SMILES string of the molecule is CC1(NC(=O)c2cccc(C#CCN)c2)CCC1. The van der Waals surface area contributed by atoms with E-state index in [4.69, 9.17) is 5.73 Å². The molecule has 1 amide bonds. The van der Waals surface area contributed by atoms with Gasteiger partial charge in [0.1, 0.15) is 0 Å². The first-order valence-electron chi connectivity index (χ1n) is 6.24. The van der Waals surface area contributed by atoms with E-state index in [9.17, 15) is 4.79 Å². The van der Waals surface area contributed by atoms with E-state index in [1.807, 2.05) is 18.2 Å². The van der Waals surface area contributed by atoms with Crippen LogP contribution in [-0.2, 0) is 0 Å². The maximum absolute atomic E-state index is 12.1. The van der Waals surface area contributed by atoms with Gasteiger partial charge in [0.2, 0.25) is 0 Å². The van der Waals surface area contributed by atoms with Crippen molar-refractivity contribution < 1.29 is 4.79 Å². The third kappa shape index (κ3) is 2.91. The smallest absolute Gasteiger partial charge is 0.251 e. The molecule has 1 aromatic carbocycles. The summed E-state index contributed by atoms with van der Waals surface area (Å²) in [5.74, 6) is 5.70. The highest BCUT2D eigenvalue weighted by Gasteiger charge is 2.33. The lowest BCUT2D eigenvalue weighted by Crippen LogP contribution is -2.50. The van der Waals surface area contributed by atoms with Gasteiger partial charge in [-0.2, -0.15) is 0 Å². The summed E-state index contributed by atoms with van der Waals surface area (Å²) in [6.07, 6.45) is 3.32. The molecule has 2 rings (SSSR count). The topological polar surface area (TPSA) is 55.1 Å². The van der Waals surface area contributed by atoms with Crippen LogP contribution in [-0.4, -0.2) is 18.0 Å². The fourth-order valence-electron chi connectivity index (χ4n) is 2.07. The van der Waals surface area contributed by atoms with Gasteiger partial charge in [-0.1, -0.05) is 17.9 Å². The van der Waals surface area contributed by atoms with Gasteiger partial charge in [-0.15, -0.1) is 0 Å². The van der Waals surface area contributed by atoms with E-state index in [2.05, 4.69) is 24.1 Å². The number of benzene rings is 1. The summed E-state index contributed by atoms with van der Waals surface area (Å²) in [5.41, 5.74) is 6.80. The third-order valence-electron chi connectivity index (χ3n) is 3.33. The summed E-state index contributed by atoms with van der Waals surface area (Å²) < 4.78 is 0. The van der Waals surface area contributed by atoms with Gasteiger partial charge < -0.3 is 11.1 Å². The Hall–Kier alpha value is -1.79. The highest BCUT2D eigenvalue weighted by atomic mass is 16.1. The van der Waals surface area contributed by atoms with Crippen LogP contribution in [0, 0.1) is 11.8 Å². The Morgan fingerprint density at radius 1 is 1.50 bits per heavy atom. The summed E-state index contributed by atoms with van der Waals surface area (Å²) in [5, 5.41) is 3.08. The summed E-state index contributed by atoms with van der Waals surface area (Å²) in [6, 6.07) is 7.34. The molecular formula is C15H18N2O. The summed E-state index contributed by atoms with van der Waals surface area (Å²) in [4.78, 5) is 12.1. The molecule has 0 heterocycles. The molecule has 0 unspecified atom stereocenters. The number of carbonyl (C=O) groups is 1. The lowest BCUT2D eigenvalue weighted by Gasteiger charge is -2.39. The summed E-state index contributed by atoms with van der Waals surface area (Å²) >= 11 is 0. The molecule has 0 bridgehead atoms. The van der Waals surface area contributed by atoms with Gasteiger partial charge in [0.25, 0.3) is 5.91 Å². The van der Waals surface area contributed by atoms with Gasteiger partial charge in [-0.05, 0) is 44.4 Å². The molecule has 1 fully saturated rings. The Morgan fingerprint density at radius 2 is 2.28 bits per heavy atom. The Kier molecular flexibility index (Phi) is 3.69. The predicted molar refractivity (Wildman–Crippen MR) is 72.1 cm³/mol. The summed E-state index contributed by atoms with van der Waals surface area (Å²) in [6.45, 7) is 2.42. The number of rotatable bonds is 2. The first-order valence-corrected chi connectivity index (χ1v) is 6.24. The molecule has 0 radical (unpaired) electrons. The van der Waals surface area contributed by atoms with Crippen molar-refractivity contribution in [3.8, 4) is 11.8 Å². The van der Waals surface area contributed by atoms with Crippen LogP contribution in [0.25, 0.3) is 0 Å². The second kappa shape index (κ2) is 5.24. The van der Waals surface area contributed by atoms with Crippen LogP contribution in [0.15, 0.2) is 24.3 Å². The van der Waals surface area contributed by atoms with Gasteiger partial charge >= 0.3 is 0 Å². The molecule has 0 spiro atoms. The number of nitrogens with one attached hydrogen (secondary N) is 1. The molecule has 94 valence electrons. The fourth-order valence-corrected chi connectivity index (χ4v) is 2.07. The third-order valence-corrected chi connectivity index (χ3v) is 3.33. The van der Waals surface area contributed by atoms with Crippen molar-refractivity contribution in [3.63, 3.8) is 0 Å². The molecule has 1 aliphatic rings. The van der Waals surface area contributed by atoms with Crippen LogP contribution >= 0.6 is 0 Å². The second-order valence-corrected chi connectivity index (χ2v) is 4.96. The molecule has 0 atom stereocenters. The van der Waals surface area contributed by atoms with Gasteiger partial charge in [0, 0.05) is 16.7 Å².